The van der Waals surface area contributed by atoms with Crippen LogP contribution in [0.3, 0.4) is 0 Å². The zero-order chi connectivity index (χ0) is 20.6. The first-order valence-corrected chi connectivity index (χ1v) is 10.4. The summed E-state index contributed by atoms with van der Waals surface area (Å²) in [5.41, 5.74) is 2.43. The molecule has 0 radical (unpaired) electrons. The minimum absolute atomic E-state index is 0.281. The highest BCUT2D eigenvalue weighted by atomic mass is 19.1. The first kappa shape index (κ1) is 20.9. The minimum Gasteiger partial charge on any atom is -0.340 e. The van der Waals surface area contributed by atoms with Crippen molar-refractivity contribution in [2.24, 2.45) is 5.92 Å². The number of aromatic nitrogens is 3. The smallest absolute Gasteiger partial charge is 0.134 e. The molecule has 0 aliphatic carbocycles. The second-order valence-electron chi connectivity index (χ2n) is 7.57. The van der Waals surface area contributed by atoms with Gasteiger partial charge in [-0.25, -0.2) is 14.4 Å². The summed E-state index contributed by atoms with van der Waals surface area (Å²) < 4.78 is 13.6. The van der Waals surface area contributed by atoms with Crippen LogP contribution >= 0.6 is 0 Å². The molecule has 4 nitrogen and oxygen atoms in total. The molecule has 3 aromatic rings. The van der Waals surface area contributed by atoms with Gasteiger partial charge in [0.2, 0.25) is 0 Å². The number of pyridine rings is 1. The van der Waals surface area contributed by atoms with Gasteiger partial charge in [-0.1, -0.05) is 39.7 Å². The Morgan fingerprint density at radius 3 is 2.55 bits per heavy atom. The third-order valence-electron chi connectivity index (χ3n) is 5.36. The van der Waals surface area contributed by atoms with E-state index in [1.54, 1.807) is 18.5 Å². The lowest BCUT2D eigenvalue weighted by Crippen LogP contribution is -2.09. The predicted octanol–water partition coefficient (Wildman–Crippen LogP) is 6.74. The second-order valence-corrected chi connectivity index (χ2v) is 7.57. The van der Waals surface area contributed by atoms with E-state index in [1.807, 2.05) is 24.3 Å². The Bertz CT molecular complexity index is 914. The molecule has 2 unspecified atom stereocenters. The van der Waals surface area contributed by atoms with Gasteiger partial charge in [-0.2, -0.15) is 0 Å². The maximum absolute atomic E-state index is 13.6. The standard InChI is InChI=1S/C24H29FN4/c1-4-17(3)11-12-18(5-2)24-28-22(19-8-7-13-26-16-19)15-23(29-24)27-21-10-6-9-20(25)14-21/h6-10,13-18H,4-5,11-12H2,1-3H3,(H,27,28,29). The molecule has 0 saturated heterocycles. The number of rotatable bonds is 9. The van der Waals surface area contributed by atoms with Crippen molar-refractivity contribution in [1.82, 2.24) is 15.0 Å². The summed E-state index contributed by atoms with van der Waals surface area (Å²) in [6.07, 6.45) is 7.92. The van der Waals surface area contributed by atoms with Crippen LogP contribution in [0.25, 0.3) is 11.3 Å². The third-order valence-corrected chi connectivity index (χ3v) is 5.36. The predicted molar refractivity (Wildman–Crippen MR) is 117 cm³/mol. The number of hydrogen-bond donors (Lipinski definition) is 1. The summed E-state index contributed by atoms with van der Waals surface area (Å²) in [5.74, 6) is 2.19. The third kappa shape index (κ3) is 5.83. The van der Waals surface area contributed by atoms with Crippen LogP contribution in [-0.4, -0.2) is 15.0 Å². The van der Waals surface area contributed by atoms with E-state index in [0.29, 0.717) is 17.4 Å². The molecule has 5 heteroatoms. The highest BCUT2D eigenvalue weighted by molar-refractivity contribution is 5.65. The van der Waals surface area contributed by atoms with Crippen molar-refractivity contribution in [3.8, 4) is 11.3 Å². The van der Waals surface area contributed by atoms with Gasteiger partial charge < -0.3 is 5.32 Å². The molecule has 1 N–H and O–H groups in total. The van der Waals surface area contributed by atoms with Crippen LogP contribution in [0.1, 0.15) is 58.2 Å². The zero-order valence-electron chi connectivity index (χ0n) is 17.4. The van der Waals surface area contributed by atoms with E-state index in [-0.39, 0.29) is 11.7 Å². The Morgan fingerprint density at radius 1 is 1.00 bits per heavy atom. The molecule has 3 rings (SSSR count). The van der Waals surface area contributed by atoms with E-state index in [9.17, 15) is 4.39 Å². The number of halogens is 1. The summed E-state index contributed by atoms with van der Waals surface area (Å²) in [6, 6.07) is 12.2. The van der Waals surface area contributed by atoms with Crippen molar-refractivity contribution in [2.75, 3.05) is 5.32 Å². The van der Waals surface area contributed by atoms with Crippen LogP contribution in [-0.2, 0) is 0 Å². The summed E-state index contributed by atoms with van der Waals surface area (Å²) in [5, 5.41) is 3.24. The minimum atomic E-state index is -0.281. The van der Waals surface area contributed by atoms with Gasteiger partial charge in [-0.15, -0.1) is 0 Å². The van der Waals surface area contributed by atoms with Crippen molar-refractivity contribution >= 4 is 11.5 Å². The average molecular weight is 393 g/mol. The second kappa shape index (κ2) is 10.1. The summed E-state index contributed by atoms with van der Waals surface area (Å²) >= 11 is 0. The van der Waals surface area contributed by atoms with E-state index in [1.165, 1.54) is 18.6 Å². The Morgan fingerprint density at radius 2 is 1.86 bits per heavy atom. The largest absolute Gasteiger partial charge is 0.340 e. The fourth-order valence-corrected chi connectivity index (χ4v) is 3.29. The highest BCUT2D eigenvalue weighted by Gasteiger charge is 2.17. The van der Waals surface area contributed by atoms with Crippen LogP contribution in [0.5, 0.6) is 0 Å². The van der Waals surface area contributed by atoms with E-state index in [2.05, 4.69) is 31.1 Å². The van der Waals surface area contributed by atoms with Crippen molar-refractivity contribution in [1.29, 1.82) is 0 Å². The maximum Gasteiger partial charge on any atom is 0.134 e. The first-order chi connectivity index (χ1) is 14.1. The normalized spacial score (nSPS) is 13.1. The fourth-order valence-electron chi connectivity index (χ4n) is 3.29. The van der Waals surface area contributed by atoms with Gasteiger partial charge in [0.1, 0.15) is 17.5 Å². The van der Waals surface area contributed by atoms with Crippen LogP contribution in [0.15, 0.2) is 54.9 Å². The van der Waals surface area contributed by atoms with E-state index >= 15 is 0 Å². The van der Waals surface area contributed by atoms with E-state index in [4.69, 9.17) is 9.97 Å². The lowest BCUT2D eigenvalue weighted by atomic mass is 9.93. The number of benzene rings is 1. The molecule has 152 valence electrons. The quantitative estimate of drug-likeness (QED) is 0.438. The lowest BCUT2D eigenvalue weighted by molar-refractivity contribution is 0.445. The number of anilines is 2. The molecule has 2 aromatic heterocycles. The van der Waals surface area contributed by atoms with Crippen LogP contribution < -0.4 is 5.32 Å². The Kier molecular flexibility index (Phi) is 7.28. The monoisotopic (exact) mass is 392 g/mol. The van der Waals surface area contributed by atoms with Gasteiger partial charge in [0.25, 0.3) is 0 Å². The van der Waals surface area contributed by atoms with Gasteiger partial charge in [0.05, 0.1) is 5.69 Å². The van der Waals surface area contributed by atoms with Crippen LogP contribution in [0.2, 0.25) is 0 Å². The van der Waals surface area contributed by atoms with Crippen molar-refractivity contribution in [3.05, 3.63) is 66.5 Å². The Balaban J connectivity index is 1.95. The molecule has 1 aromatic carbocycles. The summed E-state index contributed by atoms with van der Waals surface area (Å²) in [4.78, 5) is 13.9. The van der Waals surface area contributed by atoms with Crippen LogP contribution in [0, 0.1) is 11.7 Å². The summed E-state index contributed by atoms with van der Waals surface area (Å²) in [6.45, 7) is 6.70. The number of nitrogens with zero attached hydrogens (tertiary/aromatic N) is 3. The van der Waals surface area contributed by atoms with Gasteiger partial charge in [0, 0.05) is 35.6 Å². The Labute approximate surface area is 172 Å². The molecule has 0 aliphatic heterocycles. The highest BCUT2D eigenvalue weighted by Crippen LogP contribution is 2.29. The molecule has 0 saturated carbocycles. The number of nitrogens with one attached hydrogen (secondary N) is 1. The molecule has 0 amide bonds. The van der Waals surface area contributed by atoms with Crippen molar-refractivity contribution < 1.29 is 4.39 Å². The molecule has 2 heterocycles. The van der Waals surface area contributed by atoms with Gasteiger partial charge in [0.15, 0.2) is 0 Å². The van der Waals surface area contributed by atoms with Gasteiger partial charge in [-0.3, -0.25) is 4.98 Å². The zero-order valence-corrected chi connectivity index (χ0v) is 17.4. The number of hydrogen-bond acceptors (Lipinski definition) is 4. The lowest BCUT2D eigenvalue weighted by Gasteiger charge is -2.18. The fraction of sp³-hybridized carbons (Fsp3) is 0.375. The average Bonchev–Trinajstić information content (AvgIpc) is 2.74. The van der Waals surface area contributed by atoms with E-state index in [0.717, 1.165) is 36.3 Å². The maximum atomic E-state index is 13.6. The van der Waals surface area contributed by atoms with Gasteiger partial charge in [-0.05, 0) is 49.1 Å². The summed E-state index contributed by atoms with van der Waals surface area (Å²) in [7, 11) is 0. The molecule has 0 bridgehead atoms. The molecule has 0 spiro atoms. The van der Waals surface area contributed by atoms with Gasteiger partial charge >= 0.3 is 0 Å². The molecule has 0 aliphatic rings. The SMILES string of the molecule is CCC(C)CCC(CC)c1nc(Nc2cccc(F)c2)cc(-c2cccnc2)n1. The molecule has 0 fully saturated rings. The molecular formula is C24H29FN4. The van der Waals surface area contributed by atoms with Crippen molar-refractivity contribution in [2.45, 2.75) is 52.4 Å². The molecular weight excluding hydrogens is 363 g/mol. The topological polar surface area (TPSA) is 50.7 Å². The van der Waals surface area contributed by atoms with Crippen LogP contribution in [0.4, 0.5) is 15.9 Å². The molecule has 2 atom stereocenters. The van der Waals surface area contributed by atoms with E-state index < -0.39 is 0 Å². The Hall–Kier alpha value is -2.82. The molecule has 29 heavy (non-hydrogen) atoms. The first-order valence-electron chi connectivity index (χ1n) is 10.4. The van der Waals surface area contributed by atoms with Crippen molar-refractivity contribution in [3.63, 3.8) is 0 Å².